The number of carbonyl (C=O) groups is 1. The van der Waals surface area contributed by atoms with E-state index in [-0.39, 0.29) is 5.91 Å². The van der Waals surface area contributed by atoms with E-state index in [1.165, 1.54) is 5.56 Å². The molecule has 0 aromatic heterocycles. The summed E-state index contributed by atoms with van der Waals surface area (Å²) in [6, 6.07) is 12.1. The number of anilines is 1. The molecule has 0 atom stereocenters. The number of nitrogens with zero attached hydrogens (tertiary/aromatic N) is 1. The van der Waals surface area contributed by atoms with Crippen LogP contribution in [0.15, 0.2) is 41.4 Å². The lowest BCUT2D eigenvalue weighted by atomic mass is 10.0. The number of benzene rings is 2. The molecule has 7 nitrogen and oxygen atoms in total. The Hall–Kier alpha value is -3.22. The third-order valence-corrected chi connectivity index (χ3v) is 5.12. The number of rotatable bonds is 9. The quantitative estimate of drug-likeness (QED) is 0.327. The van der Waals surface area contributed by atoms with Gasteiger partial charge in [0.15, 0.2) is 5.96 Å². The number of nitrogens with one attached hydrogen (secondary N) is 3. The molecular formula is C24H32N4O3. The second kappa shape index (κ2) is 11.2. The maximum absolute atomic E-state index is 11.5. The average molecular weight is 425 g/mol. The van der Waals surface area contributed by atoms with Crippen LogP contribution in [-0.2, 0) is 17.6 Å². The molecular weight excluding hydrogens is 392 g/mol. The minimum atomic E-state index is 0.0714. The fourth-order valence-corrected chi connectivity index (χ4v) is 3.45. The predicted octanol–water partition coefficient (Wildman–Crippen LogP) is 3.06. The molecule has 0 unspecified atom stereocenters. The zero-order chi connectivity index (χ0) is 22.1. The molecule has 1 heterocycles. The molecule has 0 spiro atoms. The molecule has 0 aliphatic carbocycles. The largest absolute Gasteiger partial charge is 0.496 e. The summed E-state index contributed by atoms with van der Waals surface area (Å²) in [6.07, 6.45) is 2.12. The molecule has 0 fully saturated rings. The van der Waals surface area contributed by atoms with Crippen molar-refractivity contribution in [1.82, 2.24) is 10.6 Å². The lowest BCUT2D eigenvalue weighted by Gasteiger charge is -2.18. The number of amides is 1. The SMILES string of the molecule is CCNC(=NCCc1ccc(C)c(OC)c1)NCCOc1ccc2c(c1)CCC(=O)N2. The first-order chi connectivity index (χ1) is 15.1. The van der Waals surface area contributed by atoms with Crippen LogP contribution in [-0.4, -0.2) is 45.2 Å². The Morgan fingerprint density at radius 2 is 2.03 bits per heavy atom. The van der Waals surface area contributed by atoms with Crippen molar-refractivity contribution in [1.29, 1.82) is 0 Å². The number of ether oxygens (including phenoxy) is 2. The molecule has 0 radical (unpaired) electrons. The minimum absolute atomic E-state index is 0.0714. The topological polar surface area (TPSA) is 84.0 Å². The fourth-order valence-electron chi connectivity index (χ4n) is 3.45. The molecule has 3 rings (SSSR count). The zero-order valence-corrected chi connectivity index (χ0v) is 18.6. The predicted molar refractivity (Wildman–Crippen MR) is 124 cm³/mol. The highest BCUT2D eigenvalue weighted by Crippen LogP contribution is 2.26. The van der Waals surface area contributed by atoms with Gasteiger partial charge in [0, 0.05) is 25.2 Å². The lowest BCUT2D eigenvalue weighted by Crippen LogP contribution is -2.39. The second-order valence-corrected chi connectivity index (χ2v) is 7.46. The van der Waals surface area contributed by atoms with Crippen molar-refractivity contribution in [2.75, 3.05) is 38.7 Å². The number of hydrogen-bond acceptors (Lipinski definition) is 4. The first-order valence-corrected chi connectivity index (χ1v) is 10.8. The van der Waals surface area contributed by atoms with E-state index in [1.54, 1.807) is 7.11 Å². The van der Waals surface area contributed by atoms with E-state index < -0.39 is 0 Å². The van der Waals surface area contributed by atoms with Gasteiger partial charge < -0.3 is 25.4 Å². The average Bonchev–Trinajstić information content (AvgIpc) is 2.77. The molecule has 2 aromatic carbocycles. The number of aliphatic imine (C=N–C) groups is 1. The van der Waals surface area contributed by atoms with Crippen molar-refractivity contribution in [2.45, 2.75) is 33.1 Å². The molecule has 166 valence electrons. The van der Waals surface area contributed by atoms with Crippen LogP contribution in [0.2, 0.25) is 0 Å². The molecule has 3 N–H and O–H groups in total. The van der Waals surface area contributed by atoms with Crippen LogP contribution in [0.3, 0.4) is 0 Å². The van der Waals surface area contributed by atoms with Gasteiger partial charge in [-0.05, 0) is 67.6 Å². The Balaban J connectivity index is 1.45. The van der Waals surface area contributed by atoms with E-state index in [0.717, 1.165) is 53.7 Å². The van der Waals surface area contributed by atoms with E-state index in [2.05, 4.69) is 39.1 Å². The zero-order valence-electron chi connectivity index (χ0n) is 18.6. The number of fused-ring (bicyclic) bond motifs is 1. The summed E-state index contributed by atoms with van der Waals surface area (Å²) in [5.41, 5.74) is 4.34. The summed E-state index contributed by atoms with van der Waals surface area (Å²) in [6.45, 7) is 6.71. The molecule has 0 bridgehead atoms. The molecule has 0 saturated carbocycles. The second-order valence-electron chi connectivity index (χ2n) is 7.46. The standard InChI is InChI=1S/C24H32N4O3/c1-4-25-24(26-12-11-18-6-5-17(2)22(15-18)30-3)27-13-14-31-20-8-9-21-19(16-20)7-10-23(29)28-21/h5-6,8-9,15-16H,4,7,10-14H2,1-3H3,(H,28,29)(H2,25,26,27). The van der Waals surface area contributed by atoms with Crippen LogP contribution in [0.4, 0.5) is 5.69 Å². The van der Waals surface area contributed by atoms with Gasteiger partial charge in [0.05, 0.1) is 13.7 Å². The summed E-state index contributed by atoms with van der Waals surface area (Å²) in [7, 11) is 1.70. The summed E-state index contributed by atoms with van der Waals surface area (Å²) in [4.78, 5) is 16.1. The third-order valence-electron chi connectivity index (χ3n) is 5.12. The highest BCUT2D eigenvalue weighted by atomic mass is 16.5. The maximum Gasteiger partial charge on any atom is 0.224 e. The van der Waals surface area contributed by atoms with E-state index in [0.29, 0.717) is 26.1 Å². The highest BCUT2D eigenvalue weighted by Gasteiger charge is 2.14. The molecule has 31 heavy (non-hydrogen) atoms. The van der Waals surface area contributed by atoms with Gasteiger partial charge in [-0.15, -0.1) is 0 Å². The Labute approximate surface area is 184 Å². The summed E-state index contributed by atoms with van der Waals surface area (Å²) < 4.78 is 11.3. The van der Waals surface area contributed by atoms with Crippen molar-refractivity contribution in [2.24, 2.45) is 4.99 Å². The Bertz CT molecular complexity index is 927. The van der Waals surface area contributed by atoms with Crippen LogP contribution >= 0.6 is 0 Å². The lowest BCUT2D eigenvalue weighted by molar-refractivity contribution is -0.116. The Kier molecular flexibility index (Phi) is 8.15. The van der Waals surface area contributed by atoms with Crippen molar-refractivity contribution < 1.29 is 14.3 Å². The summed E-state index contributed by atoms with van der Waals surface area (Å²) >= 11 is 0. The maximum atomic E-state index is 11.5. The highest BCUT2D eigenvalue weighted by molar-refractivity contribution is 5.94. The van der Waals surface area contributed by atoms with E-state index >= 15 is 0 Å². The Morgan fingerprint density at radius 3 is 2.84 bits per heavy atom. The molecule has 2 aromatic rings. The van der Waals surface area contributed by atoms with Crippen LogP contribution in [0, 0.1) is 6.92 Å². The number of methoxy groups -OCH3 is 1. The van der Waals surface area contributed by atoms with Crippen LogP contribution < -0.4 is 25.4 Å². The van der Waals surface area contributed by atoms with Gasteiger partial charge in [-0.1, -0.05) is 12.1 Å². The Morgan fingerprint density at radius 1 is 1.16 bits per heavy atom. The number of hydrogen-bond donors (Lipinski definition) is 3. The van der Waals surface area contributed by atoms with Crippen LogP contribution in [0.25, 0.3) is 0 Å². The number of carbonyl (C=O) groups excluding carboxylic acids is 1. The van der Waals surface area contributed by atoms with Gasteiger partial charge in [-0.25, -0.2) is 0 Å². The monoisotopic (exact) mass is 424 g/mol. The third kappa shape index (κ3) is 6.64. The van der Waals surface area contributed by atoms with Crippen molar-refractivity contribution in [3.63, 3.8) is 0 Å². The van der Waals surface area contributed by atoms with Crippen LogP contribution in [0.1, 0.15) is 30.0 Å². The summed E-state index contributed by atoms with van der Waals surface area (Å²) in [5.74, 6) is 2.57. The fraction of sp³-hybridized carbons (Fsp3) is 0.417. The molecule has 1 aliphatic heterocycles. The van der Waals surface area contributed by atoms with Gasteiger partial charge in [-0.3, -0.25) is 9.79 Å². The smallest absolute Gasteiger partial charge is 0.224 e. The van der Waals surface area contributed by atoms with E-state index in [4.69, 9.17) is 9.47 Å². The number of guanidine groups is 1. The first-order valence-electron chi connectivity index (χ1n) is 10.8. The van der Waals surface area contributed by atoms with E-state index in [9.17, 15) is 4.79 Å². The minimum Gasteiger partial charge on any atom is -0.496 e. The first kappa shape index (κ1) is 22.5. The van der Waals surface area contributed by atoms with Crippen molar-refractivity contribution >= 4 is 17.6 Å². The van der Waals surface area contributed by atoms with E-state index in [1.807, 2.05) is 32.0 Å². The van der Waals surface area contributed by atoms with Gasteiger partial charge in [-0.2, -0.15) is 0 Å². The van der Waals surface area contributed by atoms with Gasteiger partial charge >= 0.3 is 0 Å². The van der Waals surface area contributed by atoms with Crippen molar-refractivity contribution in [3.8, 4) is 11.5 Å². The van der Waals surface area contributed by atoms with Crippen LogP contribution in [0.5, 0.6) is 11.5 Å². The molecule has 1 amide bonds. The number of aryl methyl sites for hydroxylation is 2. The molecule has 7 heteroatoms. The van der Waals surface area contributed by atoms with Gasteiger partial charge in [0.1, 0.15) is 18.1 Å². The summed E-state index contributed by atoms with van der Waals surface area (Å²) in [5, 5.41) is 9.46. The van der Waals surface area contributed by atoms with Gasteiger partial charge in [0.25, 0.3) is 0 Å². The van der Waals surface area contributed by atoms with Crippen molar-refractivity contribution in [3.05, 3.63) is 53.1 Å². The normalized spacial score (nSPS) is 13.3. The molecule has 0 saturated heterocycles. The molecule has 1 aliphatic rings. The van der Waals surface area contributed by atoms with Gasteiger partial charge in [0.2, 0.25) is 5.91 Å².